The lowest BCUT2D eigenvalue weighted by molar-refractivity contribution is -0.126. The molecule has 0 bridgehead atoms. The van der Waals surface area contributed by atoms with Crippen LogP contribution in [0.2, 0.25) is 0 Å². The van der Waals surface area contributed by atoms with Gasteiger partial charge in [0.25, 0.3) is 0 Å². The number of amides is 1. The van der Waals surface area contributed by atoms with Gasteiger partial charge in [0.15, 0.2) is 11.7 Å². The summed E-state index contributed by atoms with van der Waals surface area (Å²) in [5.41, 5.74) is 15.4. The summed E-state index contributed by atoms with van der Waals surface area (Å²) < 4.78 is 0. The van der Waals surface area contributed by atoms with Gasteiger partial charge in [0, 0.05) is 6.54 Å². The molecule has 0 unspecified atom stereocenters. The highest BCUT2D eigenvalue weighted by Crippen LogP contribution is 2.01. The Labute approximate surface area is 105 Å². The SMILES string of the molecule is NCC(=O)N[C@@H](CCCN=C(N)N)C(=O)CCl. The largest absolute Gasteiger partial charge is 0.370 e. The minimum atomic E-state index is -0.627. The van der Waals surface area contributed by atoms with Crippen LogP contribution in [0.5, 0.6) is 0 Å². The first kappa shape index (κ1) is 15.7. The molecule has 0 aromatic carbocycles. The van der Waals surface area contributed by atoms with E-state index in [2.05, 4.69) is 10.3 Å². The third-order valence-electron chi connectivity index (χ3n) is 1.99. The zero-order chi connectivity index (χ0) is 13.3. The van der Waals surface area contributed by atoms with Gasteiger partial charge in [-0.2, -0.15) is 0 Å². The Hall–Kier alpha value is -1.34. The lowest BCUT2D eigenvalue weighted by atomic mass is 10.1. The van der Waals surface area contributed by atoms with Crippen LogP contribution >= 0.6 is 11.6 Å². The second-order valence-corrected chi connectivity index (χ2v) is 3.64. The Morgan fingerprint density at radius 1 is 1.35 bits per heavy atom. The van der Waals surface area contributed by atoms with E-state index >= 15 is 0 Å². The van der Waals surface area contributed by atoms with Gasteiger partial charge in [-0.25, -0.2) is 0 Å². The summed E-state index contributed by atoms with van der Waals surface area (Å²) in [6, 6.07) is -0.627. The molecule has 1 amide bonds. The number of carbonyl (C=O) groups is 2. The lowest BCUT2D eigenvalue weighted by Gasteiger charge is -2.15. The summed E-state index contributed by atoms with van der Waals surface area (Å²) in [6.45, 7) is 0.229. The number of Topliss-reactive ketones (excluding diaryl/α,β-unsaturated/α-hetero) is 1. The zero-order valence-corrected chi connectivity index (χ0v) is 10.2. The van der Waals surface area contributed by atoms with E-state index in [-0.39, 0.29) is 24.2 Å². The Balaban J connectivity index is 4.16. The van der Waals surface area contributed by atoms with Crippen LogP contribution in [0.15, 0.2) is 4.99 Å². The standard InChI is InChI=1S/C9H18ClN5O2/c10-4-7(16)6(15-8(17)5-11)2-1-3-14-9(12)13/h6H,1-5,11H2,(H,15,17)(H4,12,13,14)/t6-/m0/s1. The quantitative estimate of drug-likeness (QED) is 0.179. The fraction of sp³-hybridized carbons (Fsp3) is 0.667. The van der Waals surface area contributed by atoms with Crippen LogP contribution in [0.1, 0.15) is 12.8 Å². The van der Waals surface area contributed by atoms with Crippen molar-refractivity contribution in [3.8, 4) is 0 Å². The molecule has 0 rings (SSSR count). The van der Waals surface area contributed by atoms with E-state index < -0.39 is 11.9 Å². The van der Waals surface area contributed by atoms with Crippen LogP contribution in [-0.2, 0) is 9.59 Å². The van der Waals surface area contributed by atoms with Crippen molar-refractivity contribution in [3.63, 3.8) is 0 Å². The van der Waals surface area contributed by atoms with E-state index in [0.29, 0.717) is 19.4 Å². The maximum absolute atomic E-state index is 11.4. The first-order valence-electron chi connectivity index (χ1n) is 5.14. The van der Waals surface area contributed by atoms with Crippen LogP contribution in [0.4, 0.5) is 0 Å². The fourth-order valence-electron chi connectivity index (χ4n) is 1.16. The minimum absolute atomic E-state index is 0.00351. The van der Waals surface area contributed by atoms with Crippen molar-refractivity contribution in [3.05, 3.63) is 0 Å². The molecule has 0 saturated carbocycles. The van der Waals surface area contributed by atoms with Crippen molar-refractivity contribution in [2.24, 2.45) is 22.2 Å². The van der Waals surface area contributed by atoms with Crippen molar-refractivity contribution in [1.29, 1.82) is 0 Å². The molecular weight excluding hydrogens is 246 g/mol. The van der Waals surface area contributed by atoms with Gasteiger partial charge in [-0.1, -0.05) is 0 Å². The second-order valence-electron chi connectivity index (χ2n) is 3.37. The van der Waals surface area contributed by atoms with E-state index in [1.54, 1.807) is 0 Å². The molecule has 0 aromatic heterocycles. The predicted octanol–water partition coefficient (Wildman–Crippen LogP) is -1.71. The molecule has 98 valence electrons. The van der Waals surface area contributed by atoms with Crippen molar-refractivity contribution < 1.29 is 9.59 Å². The molecule has 0 spiro atoms. The zero-order valence-electron chi connectivity index (χ0n) is 9.49. The summed E-state index contributed by atoms with van der Waals surface area (Å²) in [6.07, 6.45) is 0.990. The third-order valence-corrected chi connectivity index (χ3v) is 2.25. The van der Waals surface area contributed by atoms with Gasteiger partial charge < -0.3 is 22.5 Å². The second kappa shape index (κ2) is 8.77. The maximum atomic E-state index is 11.4. The Bertz CT molecular complexity index is 291. The van der Waals surface area contributed by atoms with Gasteiger partial charge in [-0.05, 0) is 12.8 Å². The number of aliphatic imine (C=N–C) groups is 1. The number of nitrogens with zero attached hydrogens (tertiary/aromatic N) is 1. The van der Waals surface area contributed by atoms with E-state index in [1.165, 1.54) is 0 Å². The highest BCUT2D eigenvalue weighted by molar-refractivity contribution is 6.28. The molecule has 0 fully saturated rings. The highest BCUT2D eigenvalue weighted by atomic mass is 35.5. The normalized spacial score (nSPS) is 11.6. The molecule has 0 aliphatic rings. The number of guanidine groups is 1. The molecule has 0 aliphatic carbocycles. The van der Waals surface area contributed by atoms with Crippen LogP contribution in [-0.4, -0.2) is 42.7 Å². The monoisotopic (exact) mass is 263 g/mol. The summed E-state index contributed by atoms with van der Waals surface area (Å²) >= 11 is 5.44. The number of nitrogens with two attached hydrogens (primary N) is 3. The molecule has 1 atom stereocenters. The first-order chi connectivity index (χ1) is 8.01. The van der Waals surface area contributed by atoms with Gasteiger partial charge in [-0.3, -0.25) is 14.6 Å². The van der Waals surface area contributed by atoms with Crippen molar-refractivity contribution in [2.45, 2.75) is 18.9 Å². The van der Waals surface area contributed by atoms with Gasteiger partial charge in [-0.15, -0.1) is 11.6 Å². The average molecular weight is 264 g/mol. The smallest absolute Gasteiger partial charge is 0.234 e. The van der Waals surface area contributed by atoms with Crippen molar-refractivity contribution in [2.75, 3.05) is 19.0 Å². The Morgan fingerprint density at radius 3 is 2.47 bits per heavy atom. The number of rotatable bonds is 8. The molecule has 7 N–H and O–H groups in total. The molecule has 0 radical (unpaired) electrons. The number of hydrogen-bond acceptors (Lipinski definition) is 4. The summed E-state index contributed by atoms with van der Waals surface area (Å²) in [7, 11) is 0. The van der Waals surface area contributed by atoms with Gasteiger partial charge in [0.05, 0.1) is 18.5 Å². The molecule has 0 saturated heterocycles. The minimum Gasteiger partial charge on any atom is -0.370 e. The number of carbonyl (C=O) groups excluding carboxylic acids is 2. The number of alkyl halides is 1. The van der Waals surface area contributed by atoms with E-state index in [9.17, 15) is 9.59 Å². The molecule has 7 nitrogen and oxygen atoms in total. The third kappa shape index (κ3) is 7.53. The molecule has 0 heterocycles. The number of hydrogen-bond donors (Lipinski definition) is 4. The molecular formula is C9H18ClN5O2. The van der Waals surface area contributed by atoms with Crippen molar-refractivity contribution in [1.82, 2.24) is 5.32 Å². The van der Waals surface area contributed by atoms with Crippen LogP contribution in [0.3, 0.4) is 0 Å². The van der Waals surface area contributed by atoms with Crippen LogP contribution in [0, 0.1) is 0 Å². The topological polar surface area (TPSA) is 137 Å². The molecule has 0 aromatic rings. The summed E-state index contributed by atoms with van der Waals surface area (Å²) in [5.74, 6) is -0.803. The van der Waals surface area contributed by atoms with E-state index in [1.807, 2.05) is 0 Å². The summed E-state index contributed by atoms with van der Waals surface area (Å²) in [5, 5.41) is 2.50. The Morgan fingerprint density at radius 2 is 2.00 bits per heavy atom. The number of ketones is 1. The maximum Gasteiger partial charge on any atom is 0.234 e. The molecule has 0 aliphatic heterocycles. The summed E-state index contributed by atoms with van der Waals surface area (Å²) in [4.78, 5) is 26.3. The Kier molecular flexibility index (Phi) is 8.08. The lowest BCUT2D eigenvalue weighted by Crippen LogP contribution is -2.44. The number of nitrogens with one attached hydrogen (secondary N) is 1. The number of halogens is 1. The van der Waals surface area contributed by atoms with Gasteiger partial charge in [0.2, 0.25) is 5.91 Å². The van der Waals surface area contributed by atoms with Crippen LogP contribution in [0.25, 0.3) is 0 Å². The van der Waals surface area contributed by atoms with E-state index in [0.717, 1.165) is 0 Å². The fourth-order valence-corrected chi connectivity index (χ4v) is 1.35. The van der Waals surface area contributed by atoms with Crippen LogP contribution < -0.4 is 22.5 Å². The molecule has 17 heavy (non-hydrogen) atoms. The average Bonchev–Trinajstić information content (AvgIpc) is 2.31. The van der Waals surface area contributed by atoms with Crippen molar-refractivity contribution >= 4 is 29.3 Å². The first-order valence-corrected chi connectivity index (χ1v) is 5.68. The predicted molar refractivity (Wildman–Crippen MR) is 66.6 cm³/mol. The highest BCUT2D eigenvalue weighted by Gasteiger charge is 2.18. The van der Waals surface area contributed by atoms with E-state index in [4.69, 9.17) is 28.8 Å². The van der Waals surface area contributed by atoms with Gasteiger partial charge >= 0.3 is 0 Å². The van der Waals surface area contributed by atoms with Gasteiger partial charge in [0.1, 0.15) is 0 Å². The molecule has 8 heteroatoms.